The van der Waals surface area contributed by atoms with Crippen LogP contribution >= 0.6 is 0 Å². The Bertz CT molecular complexity index is 1470. The first-order valence-electron chi connectivity index (χ1n) is 15.0. The van der Waals surface area contributed by atoms with E-state index in [1.807, 2.05) is 59.5 Å². The molecule has 1 unspecified atom stereocenters. The monoisotopic (exact) mass is 570 g/mol. The smallest absolute Gasteiger partial charge is 0.308 e. The number of carbonyl (C=O) groups excluding carboxylic acids is 3. The molecular formula is C35H42N2O5. The Balaban J connectivity index is 1.59. The second-order valence-electron chi connectivity index (χ2n) is 12.6. The number of hydrogen-bond donors (Lipinski definition) is 0. The topological polar surface area (TPSA) is 76.2 Å². The van der Waals surface area contributed by atoms with Crippen molar-refractivity contribution in [1.82, 2.24) is 9.80 Å². The molecule has 0 N–H and O–H groups in total. The van der Waals surface area contributed by atoms with Gasteiger partial charge in [0.1, 0.15) is 11.9 Å². The van der Waals surface area contributed by atoms with E-state index in [1.165, 1.54) is 13.8 Å². The minimum atomic E-state index is -0.370. The molecule has 0 radical (unpaired) electrons. The number of fused-ring (bicyclic) bond motifs is 2. The maximum Gasteiger partial charge on any atom is 0.308 e. The summed E-state index contributed by atoms with van der Waals surface area (Å²) in [7, 11) is 2.10. The third-order valence-corrected chi connectivity index (χ3v) is 8.96. The molecule has 3 aromatic rings. The number of rotatable bonds is 7. The molecule has 1 amide bonds. The minimum Gasteiger partial charge on any atom is -0.462 e. The van der Waals surface area contributed by atoms with E-state index in [2.05, 4.69) is 31.9 Å². The predicted molar refractivity (Wildman–Crippen MR) is 163 cm³/mol. The van der Waals surface area contributed by atoms with Crippen LogP contribution in [0.1, 0.15) is 62.9 Å². The van der Waals surface area contributed by atoms with Gasteiger partial charge >= 0.3 is 11.9 Å². The molecule has 2 aliphatic rings. The van der Waals surface area contributed by atoms with E-state index in [0.29, 0.717) is 24.3 Å². The number of benzene rings is 3. The van der Waals surface area contributed by atoms with E-state index in [-0.39, 0.29) is 47.2 Å². The van der Waals surface area contributed by atoms with Crippen LogP contribution in [0.25, 0.3) is 10.8 Å². The van der Waals surface area contributed by atoms with Gasteiger partial charge in [-0.25, -0.2) is 0 Å². The second kappa shape index (κ2) is 12.3. The van der Waals surface area contributed by atoms with Crippen molar-refractivity contribution in [2.24, 2.45) is 11.8 Å². The quantitative estimate of drug-likeness (QED) is 0.262. The highest BCUT2D eigenvalue weighted by molar-refractivity contribution is 5.98. The van der Waals surface area contributed by atoms with Crippen LogP contribution in [0, 0.1) is 11.8 Å². The van der Waals surface area contributed by atoms with Crippen molar-refractivity contribution in [2.45, 2.75) is 64.5 Å². The third kappa shape index (κ3) is 6.21. The number of ether oxygens (including phenoxy) is 2. The van der Waals surface area contributed by atoms with E-state index in [0.717, 1.165) is 42.3 Å². The van der Waals surface area contributed by atoms with E-state index in [1.54, 1.807) is 6.07 Å². The summed E-state index contributed by atoms with van der Waals surface area (Å²) >= 11 is 0. The molecule has 1 aliphatic carbocycles. The first-order valence-corrected chi connectivity index (χ1v) is 15.0. The minimum absolute atomic E-state index is 0.00350. The Morgan fingerprint density at radius 3 is 2.45 bits per heavy atom. The van der Waals surface area contributed by atoms with Gasteiger partial charge in [-0.1, -0.05) is 56.3 Å². The summed E-state index contributed by atoms with van der Waals surface area (Å²) in [6, 6.07) is 21.6. The van der Waals surface area contributed by atoms with E-state index in [4.69, 9.17) is 9.47 Å². The fourth-order valence-electron chi connectivity index (χ4n) is 7.21. The number of amides is 1. The molecule has 1 aliphatic heterocycles. The number of nitrogens with zero attached hydrogens (tertiary/aromatic N) is 2. The molecule has 3 aromatic carbocycles. The largest absolute Gasteiger partial charge is 0.462 e. The highest BCUT2D eigenvalue weighted by Gasteiger charge is 2.54. The summed E-state index contributed by atoms with van der Waals surface area (Å²) < 4.78 is 11.6. The van der Waals surface area contributed by atoms with Crippen molar-refractivity contribution in [3.8, 4) is 5.75 Å². The van der Waals surface area contributed by atoms with Crippen LogP contribution in [0.15, 0.2) is 66.7 Å². The standard InChI is InChI=1S/C35H42N2O5/c1-23(2)21-37(34(40)28-14-13-26-9-6-7-10-27(26)17-28)30-19-33(42-25(4)39)32-22-36(5)16-15-35(32,20-30)29-11-8-12-31(18-29)41-24(3)38/h6-14,17-18,23,30,32-33H,15-16,19-22H2,1-5H3/t30-,32+,33?,35+/m1/s1. The number of hydrogen-bond acceptors (Lipinski definition) is 6. The van der Waals surface area contributed by atoms with E-state index >= 15 is 0 Å². The molecule has 7 nitrogen and oxygen atoms in total. The molecule has 1 saturated carbocycles. The summed E-state index contributed by atoms with van der Waals surface area (Å²) in [5, 5.41) is 2.13. The van der Waals surface area contributed by atoms with Crippen LogP contribution in [0.2, 0.25) is 0 Å². The Morgan fingerprint density at radius 1 is 0.976 bits per heavy atom. The molecule has 5 rings (SSSR count). The molecule has 1 saturated heterocycles. The Labute approximate surface area is 248 Å². The molecule has 42 heavy (non-hydrogen) atoms. The highest BCUT2D eigenvalue weighted by atomic mass is 16.5. The lowest BCUT2D eigenvalue weighted by Gasteiger charge is -2.56. The molecular weight excluding hydrogens is 528 g/mol. The van der Waals surface area contributed by atoms with Crippen molar-refractivity contribution in [1.29, 1.82) is 0 Å². The Morgan fingerprint density at radius 2 is 1.74 bits per heavy atom. The molecule has 7 heteroatoms. The molecule has 1 heterocycles. The predicted octanol–water partition coefficient (Wildman–Crippen LogP) is 5.85. The van der Waals surface area contributed by atoms with E-state index < -0.39 is 0 Å². The Kier molecular flexibility index (Phi) is 8.69. The first kappa shape index (κ1) is 29.8. The van der Waals surface area contributed by atoms with Crippen molar-refractivity contribution in [3.05, 3.63) is 77.9 Å². The van der Waals surface area contributed by atoms with Crippen molar-refractivity contribution in [3.63, 3.8) is 0 Å². The molecule has 4 atom stereocenters. The summed E-state index contributed by atoms with van der Waals surface area (Å²) in [4.78, 5) is 42.9. The average Bonchev–Trinajstić information content (AvgIpc) is 2.95. The van der Waals surface area contributed by atoms with Crippen LogP contribution in [-0.2, 0) is 19.7 Å². The zero-order valence-electron chi connectivity index (χ0n) is 25.3. The number of piperidine rings is 1. The van der Waals surface area contributed by atoms with Gasteiger partial charge < -0.3 is 19.3 Å². The maximum absolute atomic E-state index is 14.3. The van der Waals surface area contributed by atoms with Gasteiger partial charge in [-0.3, -0.25) is 14.4 Å². The zero-order valence-corrected chi connectivity index (χ0v) is 25.3. The van der Waals surface area contributed by atoms with Gasteiger partial charge in [-0.05, 0) is 73.0 Å². The maximum atomic E-state index is 14.3. The fraction of sp³-hybridized carbons (Fsp3) is 0.457. The summed E-state index contributed by atoms with van der Waals surface area (Å²) in [6.45, 7) is 9.36. The lowest BCUT2D eigenvalue weighted by atomic mass is 9.56. The van der Waals surface area contributed by atoms with Gasteiger partial charge in [0.25, 0.3) is 5.91 Å². The Hall–Kier alpha value is -3.71. The zero-order chi connectivity index (χ0) is 30.0. The lowest BCUT2D eigenvalue weighted by molar-refractivity contribution is -0.158. The van der Waals surface area contributed by atoms with Crippen molar-refractivity contribution < 1.29 is 23.9 Å². The summed E-state index contributed by atoms with van der Waals surface area (Å²) in [5.41, 5.74) is 1.35. The second-order valence-corrected chi connectivity index (χ2v) is 12.6. The van der Waals surface area contributed by atoms with Crippen LogP contribution in [0.5, 0.6) is 5.75 Å². The molecule has 0 bridgehead atoms. The number of likely N-dealkylation sites (tertiary alicyclic amines) is 1. The molecule has 2 fully saturated rings. The molecule has 222 valence electrons. The van der Waals surface area contributed by atoms with Crippen LogP contribution in [-0.4, -0.2) is 66.5 Å². The van der Waals surface area contributed by atoms with Gasteiger partial charge in [0.15, 0.2) is 0 Å². The summed E-state index contributed by atoms with van der Waals surface area (Å²) in [6.07, 6.45) is 1.79. The SMILES string of the molecule is CC(=O)Oc1cccc([C@@]23CCN(C)C[C@H]2C(OC(C)=O)C[C@@H](N(CC(C)C)C(=O)c2ccc4ccccc4c2)C3)c1. The highest BCUT2D eigenvalue weighted by Crippen LogP contribution is 2.51. The van der Waals surface area contributed by atoms with Crippen molar-refractivity contribution in [2.75, 3.05) is 26.7 Å². The lowest BCUT2D eigenvalue weighted by Crippen LogP contribution is -2.62. The fourth-order valence-corrected chi connectivity index (χ4v) is 7.21. The molecule has 0 spiro atoms. The van der Waals surface area contributed by atoms with Crippen LogP contribution in [0.4, 0.5) is 0 Å². The number of carbonyl (C=O) groups is 3. The van der Waals surface area contributed by atoms with Crippen LogP contribution in [0.3, 0.4) is 0 Å². The molecule has 0 aromatic heterocycles. The van der Waals surface area contributed by atoms with Gasteiger partial charge in [0.2, 0.25) is 0 Å². The van der Waals surface area contributed by atoms with Crippen molar-refractivity contribution >= 4 is 28.6 Å². The van der Waals surface area contributed by atoms with Crippen LogP contribution < -0.4 is 4.74 Å². The average molecular weight is 571 g/mol. The van der Waals surface area contributed by atoms with Gasteiger partial charge in [-0.15, -0.1) is 0 Å². The normalized spacial score (nSPS) is 24.2. The number of esters is 2. The van der Waals surface area contributed by atoms with Gasteiger partial charge in [0.05, 0.1) is 0 Å². The summed E-state index contributed by atoms with van der Waals surface area (Å²) in [5.74, 6) is 0.0991. The van der Waals surface area contributed by atoms with Gasteiger partial charge in [-0.2, -0.15) is 0 Å². The third-order valence-electron chi connectivity index (χ3n) is 8.96. The van der Waals surface area contributed by atoms with E-state index in [9.17, 15) is 14.4 Å². The first-order chi connectivity index (χ1) is 20.1. The van der Waals surface area contributed by atoms with Gasteiger partial charge in [0, 0.05) is 56.3 Å².